The van der Waals surface area contributed by atoms with Crippen LogP contribution < -0.4 is 11.5 Å². The molecule has 4 nitrogen and oxygen atoms in total. The molecule has 0 spiro atoms. The van der Waals surface area contributed by atoms with Crippen molar-refractivity contribution in [3.63, 3.8) is 0 Å². The van der Waals surface area contributed by atoms with E-state index in [4.69, 9.17) is 11.5 Å². The lowest BCUT2D eigenvalue weighted by Gasteiger charge is -2.08. The number of benzene rings is 2. The van der Waals surface area contributed by atoms with Crippen molar-refractivity contribution in [3.05, 3.63) is 48.5 Å². The first kappa shape index (κ1) is 11.8. The zero-order valence-corrected chi connectivity index (χ0v) is 10.9. The highest BCUT2D eigenvalue weighted by molar-refractivity contribution is 7.99. The van der Waals surface area contributed by atoms with Gasteiger partial charge in [0.2, 0.25) is 5.95 Å². The van der Waals surface area contributed by atoms with Crippen LogP contribution in [0.1, 0.15) is 0 Å². The predicted octanol–water partition coefficient (Wildman–Crippen LogP) is 2.95. The van der Waals surface area contributed by atoms with Gasteiger partial charge in [0, 0.05) is 9.79 Å². The maximum absolute atomic E-state index is 5.97. The summed E-state index contributed by atoms with van der Waals surface area (Å²) in [6.45, 7) is 0. The van der Waals surface area contributed by atoms with Crippen LogP contribution in [0.4, 0.5) is 11.8 Å². The molecular formula is C14H12N4S. The smallest absolute Gasteiger partial charge is 0.222 e. The molecule has 0 saturated heterocycles. The topological polar surface area (TPSA) is 77.8 Å². The fraction of sp³-hybridized carbons (Fsp3) is 0. The van der Waals surface area contributed by atoms with E-state index in [-0.39, 0.29) is 5.95 Å². The summed E-state index contributed by atoms with van der Waals surface area (Å²) in [5.41, 5.74) is 12.4. The number of fused-ring (bicyclic) bond motifs is 1. The van der Waals surface area contributed by atoms with Gasteiger partial charge in [0.1, 0.15) is 5.82 Å². The molecule has 94 valence electrons. The summed E-state index contributed by atoms with van der Waals surface area (Å²) >= 11 is 1.64. The van der Waals surface area contributed by atoms with E-state index >= 15 is 0 Å². The van der Waals surface area contributed by atoms with Crippen molar-refractivity contribution in [2.45, 2.75) is 9.79 Å². The van der Waals surface area contributed by atoms with E-state index in [9.17, 15) is 0 Å². The molecule has 1 heterocycles. The Balaban J connectivity index is 2.14. The molecule has 0 aliphatic carbocycles. The van der Waals surface area contributed by atoms with Crippen molar-refractivity contribution in [2.24, 2.45) is 0 Å². The van der Waals surface area contributed by atoms with Crippen LogP contribution >= 0.6 is 11.8 Å². The molecule has 0 amide bonds. The molecule has 0 unspecified atom stereocenters. The Morgan fingerprint density at radius 3 is 2.42 bits per heavy atom. The molecule has 0 aliphatic heterocycles. The summed E-state index contributed by atoms with van der Waals surface area (Å²) in [7, 11) is 0. The van der Waals surface area contributed by atoms with Crippen LogP contribution in [0.2, 0.25) is 0 Å². The summed E-state index contributed by atoms with van der Waals surface area (Å²) in [5.74, 6) is 0.619. The summed E-state index contributed by atoms with van der Waals surface area (Å²) in [4.78, 5) is 10.4. The minimum atomic E-state index is 0.201. The van der Waals surface area contributed by atoms with E-state index in [2.05, 4.69) is 22.1 Å². The van der Waals surface area contributed by atoms with Gasteiger partial charge in [-0.05, 0) is 24.3 Å². The number of nitrogens with zero attached hydrogens (tertiary/aromatic N) is 2. The van der Waals surface area contributed by atoms with E-state index in [1.165, 1.54) is 0 Å². The monoisotopic (exact) mass is 268 g/mol. The molecule has 0 atom stereocenters. The molecule has 5 heteroatoms. The van der Waals surface area contributed by atoms with E-state index in [1.54, 1.807) is 11.8 Å². The van der Waals surface area contributed by atoms with Crippen molar-refractivity contribution in [1.82, 2.24) is 9.97 Å². The van der Waals surface area contributed by atoms with E-state index < -0.39 is 0 Å². The summed E-state index contributed by atoms with van der Waals surface area (Å²) in [6, 6.07) is 16.0. The predicted molar refractivity (Wildman–Crippen MR) is 78.9 cm³/mol. The third-order valence-electron chi connectivity index (χ3n) is 2.70. The number of anilines is 2. The van der Waals surface area contributed by atoms with Gasteiger partial charge in [-0.3, -0.25) is 0 Å². The van der Waals surface area contributed by atoms with Gasteiger partial charge in [0.05, 0.1) is 10.9 Å². The summed E-state index contributed by atoms with van der Waals surface area (Å²) < 4.78 is 0. The first-order valence-corrected chi connectivity index (χ1v) is 6.60. The second kappa shape index (κ2) is 4.78. The molecule has 3 rings (SSSR count). The van der Waals surface area contributed by atoms with E-state index in [0.717, 1.165) is 20.7 Å². The summed E-state index contributed by atoms with van der Waals surface area (Å²) in [5, 5.41) is 0.852. The van der Waals surface area contributed by atoms with Crippen molar-refractivity contribution in [2.75, 3.05) is 11.5 Å². The van der Waals surface area contributed by atoms with Crippen molar-refractivity contribution >= 4 is 34.4 Å². The fourth-order valence-electron chi connectivity index (χ4n) is 1.90. The molecule has 1 aromatic heterocycles. The Hall–Kier alpha value is -2.27. The van der Waals surface area contributed by atoms with Gasteiger partial charge >= 0.3 is 0 Å². The molecule has 19 heavy (non-hydrogen) atoms. The van der Waals surface area contributed by atoms with Crippen LogP contribution in [0, 0.1) is 0 Å². The Morgan fingerprint density at radius 1 is 0.842 bits per heavy atom. The first-order chi connectivity index (χ1) is 9.24. The van der Waals surface area contributed by atoms with Gasteiger partial charge in [-0.15, -0.1) is 0 Å². The molecule has 0 saturated carbocycles. The molecule has 0 fully saturated rings. The third-order valence-corrected chi connectivity index (χ3v) is 3.77. The number of rotatable bonds is 2. The van der Waals surface area contributed by atoms with E-state index in [1.807, 2.05) is 36.4 Å². The average Bonchev–Trinajstić information content (AvgIpc) is 2.39. The number of nitrogens with two attached hydrogens (primary N) is 2. The lowest BCUT2D eigenvalue weighted by atomic mass is 10.2. The lowest BCUT2D eigenvalue weighted by Crippen LogP contribution is -2.01. The second-order valence-electron chi connectivity index (χ2n) is 4.03. The van der Waals surface area contributed by atoms with Gasteiger partial charge in [0.25, 0.3) is 0 Å². The maximum atomic E-state index is 5.97. The minimum absolute atomic E-state index is 0.201. The highest BCUT2D eigenvalue weighted by Crippen LogP contribution is 2.35. The van der Waals surface area contributed by atoms with Crippen LogP contribution in [0.25, 0.3) is 10.9 Å². The van der Waals surface area contributed by atoms with Crippen LogP contribution in [-0.4, -0.2) is 9.97 Å². The van der Waals surface area contributed by atoms with Gasteiger partial charge in [-0.2, -0.15) is 4.98 Å². The fourth-order valence-corrected chi connectivity index (χ4v) is 2.90. The number of hydrogen-bond acceptors (Lipinski definition) is 5. The van der Waals surface area contributed by atoms with Gasteiger partial charge in [-0.25, -0.2) is 4.98 Å². The number of nitrogen functional groups attached to an aromatic ring is 2. The van der Waals surface area contributed by atoms with Gasteiger partial charge in [0.15, 0.2) is 0 Å². The Labute approximate surface area is 114 Å². The standard InChI is InChI=1S/C14H12N4S/c15-13-12-10(17-14(16)18-13)7-4-8-11(12)19-9-5-2-1-3-6-9/h1-8H,(H4,15,16,17,18). The first-order valence-electron chi connectivity index (χ1n) is 5.78. The SMILES string of the molecule is Nc1nc(N)c2c(Sc3ccccc3)cccc2n1. The zero-order chi connectivity index (χ0) is 13.2. The third kappa shape index (κ3) is 2.32. The molecule has 0 radical (unpaired) electrons. The quantitative estimate of drug-likeness (QED) is 0.747. The second-order valence-corrected chi connectivity index (χ2v) is 5.15. The molecule has 2 aromatic carbocycles. The lowest BCUT2D eigenvalue weighted by molar-refractivity contribution is 1.23. The largest absolute Gasteiger partial charge is 0.383 e. The average molecular weight is 268 g/mol. The molecular weight excluding hydrogens is 256 g/mol. The van der Waals surface area contributed by atoms with Crippen molar-refractivity contribution in [3.8, 4) is 0 Å². The van der Waals surface area contributed by atoms with Gasteiger partial charge in [-0.1, -0.05) is 36.0 Å². The highest BCUT2D eigenvalue weighted by Gasteiger charge is 2.09. The van der Waals surface area contributed by atoms with Crippen molar-refractivity contribution < 1.29 is 0 Å². The van der Waals surface area contributed by atoms with Gasteiger partial charge < -0.3 is 11.5 Å². The number of aromatic nitrogens is 2. The zero-order valence-electron chi connectivity index (χ0n) is 10.1. The van der Waals surface area contributed by atoms with Crippen LogP contribution in [0.3, 0.4) is 0 Å². The molecule has 0 bridgehead atoms. The Bertz CT molecular complexity index is 728. The van der Waals surface area contributed by atoms with Crippen LogP contribution in [0.15, 0.2) is 58.3 Å². The normalized spacial score (nSPS) is 10.7. The molecule has 0 aliphatic rings. The molecule has 4 N–H and O–H groups in total. The Morgan fingerprint density at radius 2 is 1.63 bits per heavy atom. The number of hydrogen-bond donors (Lipinski definition) is 2. The maximum Gasteiger partial charge on any atom is 0.222 e. The minimum Gasteiger partial charge on any atom is -0.383 e. The van der Waals surface area contributed by atoms with Crippen molar-refractivity contribution in [1.29, 1.82) is 0 Å². The summed E-state index contributed by atoms with van der Waals surface area (Å²) in [6.07, 6.45) is 0. The van der Waals surface area contributed by atoms with E-state index in [0.29, 0.717) is 5.82 Å². The Kier molecular flexibility index (Phi) is 2.97. The molecule has 3 aromatic rings. The highest BCUT2D eigenvalue weighted by atomic mass is 32.2. The van der Waals surface area contributed by atoms with Crippen LogP contribution in [-0.2, 0) is 0 Å². The van der Waals surface area contributed by atoms with Crippen LogP contribution in [0.5, 0.6) is 0 Å².